The van der Waals surface area contributed by atoms with E-state index in [9.17, 15) is 13.6 Å². The van der Waals surface area contributed by atoms with E-state index in [4.69, 9.17) is 0 Å². The number of amides is 1. The molecule has 1 heterocycles. The molecule has 0 N–H and O–H groups in total. The Hall–Kier alpha value is -1.75. The van der Waals surface area contributed by atoms with Crippen LogP contribution in [0, 0.1) is 11.6 Å². The SMILES string of the molecule is O=C1CCc2cc(F)ccc2N1Cc1ccc(Br)cc1F. The fourth-order valence-corrected chi connectivity index (χ4v) is 2.86. The Kier molecular flexibility index (Phi) is 3.76. The first-order valence-electron chi connectivity index (χ1n) is 6.57. The summed E-state index contributed by atoms with van der Waals surface area (Å²) in [5.74, 6) is -0.763. The van der Waals surface area contributed by atoms with Crippen molar-refractivity contribution in [2.75, 3.05) is 4.90 Å². The van der Waals surface area contributed by atoms with Gasteiger partial charge in [-0.05, 0) is 42.3 Å². The van der Waals surface area contributed by atoms with Gasteiger partial charge in [-0.1, -0.05) is 22.0 Å². The van der Waals surface area contributed by atoms with Crippen LogP contribution in [0.2, 0.25) is 0 Å². The van der Waals surface area contributed by atoms with Gasteiger partial charge in [-0.2, -0.15) is 0 Å². The summed E-state index contributed by atoms with van der Waals surface area (Å²) in [4.78, 5) is 13.6. The second-order valence-corrected chi connectivity index (χ2v) is 5.90. The summed E-state index contributed by atoms with van der Waals surface area (Å²) in [6.07, 6.45) is 0.833. The molecule has 108 valence electrons. The first-order valence-corrected chi connectivity index (χ1v) is 7.36. The first kappa shape index (κ1) is 14.2. The Morgan fingerprint density at radius 3 is 2.67 bits per heavy atom. The molecule has 1 amide bonds. The molecule has 1 aliphatic heterocycles. The van der Waals surface area contributed by atoms with E-state index in [1.807, 2.05) is 0 Å². The summed E-state index contributed by atoms with van der Waals surface area (Å²) in [5, 5.41) is 0. The molecule has 0 bridgehead atoms. The molecule has 0 saturated carbocycles. The fraction of sp³-hybridized carbons (Fsp3) is 0.188. The molecule has 0 radical (unpaired) electrons. The normalized spacial score (nSPS) is 14.2. The summed E-state index contributed by atoms with van der Waals surface area (Å²) in [6.45, 7) is 0.149. The number of carbonyl (C=O) groups excluding carboxylic acids is 1. The molecule has 2 aromatic rings. The lowest BCUT2D eigenvalue weighted by atomic mass is 10.00. The van der Waals surface area contributed by atoms with Crippen molar-refractivity contribution in [1.82, 2.24) is 0 Å². The predicted molar refractivity (Wildman–Crippen MR) is 80.0 cm³/mol. The highest BCUT2D eigenvalue weighted by molar-refractivity contribution is 9.10. The van der Waals surface area contributed by atoms with Gasteiger partial charge in [0, 0.05) is 22.1 Å². The van der Waals surface area contributed by atoms with Crippen molar-refractivity contribution in [3.63, 3.8) is 0 Å². The van der Waals surface area contributed by atoms with Crippen LogP contribution in [0.5, 0.6) is 0 Å². The van der Waals surface area contributed by atoms with Gasteiger partial charge in [0.05, 0.1) is 6.54 Å². The van der Waals surface area contributed by atoms with E-state index in [-0.39, 0.29) is 24.1 Å². The van der Waals surface area contributed by atoms with E-state index in [1.165, 1.54) is 23.1 Å². The molecular formula is C16H12BrF2NO. The number of carbonyl (C=O) groups is 1. The minimum atomic E-state index is -0.369. The second kappa shape index (κ2) is 5.56. The van der Waals surface area contributed by atoms with Gasteiger partial charge in [-0.25, -0.2) is 8.78 Å². The molecule has 3 rings (SSSR count). The molecule has 21 heavy (non-hydrogen) atoms. The van der Waals surface area contributed by atoms with Crippen molar-refractivity contribution in [3.05, 3.63) is 63.6 Å². The minimum absolute atomic E-state index is 0.0728. The number of aryl methyl sites for hydroxylation is 1. The molecule has 2 nitrogen and oxygen atoms in total. The quantitative estimate of drug-likeness (QED) is 0.793. The zero-order chi connectivity index (χ0) is 15.0. The smallest absolute Gasteiger partial charge is 0.227 e. The number of rotatable bonds is 2. The molecule has 0 saturated heterocycles. The van der Waals surface area contributed by atoms with Crippen molar-refractivity contribution >= 4 is 27.5 Å². The van der Waals surface area contributed by atoms with Crippen LogP contribution >= 0.6 is 15.9 Å². The molecule has 0 spiro atoms. The zero-order valence-electron chi connectivity index (χ0n) is 11.1. The van der Waals surface area contributed by atoms with Crippen LogP contribution in [0.1, 0.15) is 17.5 Å². The largest absolute Gasteiger partial charge is 0.308 e. The molecule has 0 aromatic heterocycles. The average molecular weight is 352 g/mol. The number of nitrogens with zero attached hydrogens (tertiary/aromatic N) is 1. The summed E-state index contributed by atoms with van der Waals surface area (Å²) in [7, 11) is 0. The molecule has 5 heteroatoms. The number of anilines is 1. The summed E-state index contributed by atoms with van der Waals surface area (Å²) < 4.78 is 27.9. The summed E-state index contributed by atoms with van der Waals surface area (Å²) >= 11 is 3.20. The molecule has 0 atom stereocenters. The Morgan fingerprint density at radius 2 is 1.90 bits per heavy atom. The molecule has 0 unspecified atom stereocenters. The van der Waals surface area contributed by atoms with Gasteiger partial charge in [-0.15, -0.1) is 0 Å². The standard InChI is InChI=1S/C16H12BrF2NO/c17-12-3-1-11(14(19)8-12)9-20-15-5-4-13(18)7-10(15)2-6-16(20)21/h1,3-5,7-8H,2,6,9H2. The molecular weight excluding hydrogens is 340 g/mol. The monoisotopic (exact) mass is 351 g/mol. The number of hydrogen-bond donors (Lipinski definition) is 0. The Balaban J connectivity index is 1.96. The van der Waals surface area contributed by atoms with E-state index in [2.05, 4.69) is 15.9 Å². The highest BCUT2D eigenvalue weighted by Gasteiger charge is 2.25. The minimum Gasteiger partial charge on any atom is -0.308 e. The van der Waals surface area contributed by atoms with E-state index in [0.717, 1.165) is 5.56 Å². The van der Waals surface area contributed by atoms with Crippen LogP contribution in [-0.2, 0) is 17.8 Å². The lowest BCUT2D eigenvalue weighted by Gasteiger charge is -2.29. The predicted octanol–water partition coefficient (Wildman–Crippen LogP) is 4.21. The third-order valence-electron chi connectivity index (χ3n) is 3.59. The Morgan fingerprint density at radius 1 is 1.10 bits per heavy atom. The van der Waals surface area contributed by atoms with E-state index >= 15 is 0 Å². The second-order valence-electron chi connectivity index (χ2n) is 4.99. The van der Waals surface area contributed by atoms with Gasteiger partial charge in [0.15, 0.2) is 0 Å². The van der Waals surface area contributed by atoms with Crippen LogP contribution in [0.3, 0.4) is 0 Å². The van der Waals surface area contributed by atoms with Crippen molar-refractivity contribution in [1.29, 1.82) is 0 Å². The van der Waals surface area contributed by atoms with Crippen LogP contribution in [0.25, 0.3) is 0 Å². The van der Waals surface area contributed by atoms with Crippen molar-refractivity contribution in [3.8, 4) is 0 Å². The van der Waals surface area contributed by atoms with Crippen LogP contribution in [0.4, 0.5) is 14.5 Å². The summed E-state index contributed by atoms with van der Waals surface area (Å²) in [6, 6.07) is 9.09. The average Bonchev–Trinajstić information content (AvgIpc) is 2.44. The first-order chi connectivity index (χ1) is 10.0. The summed E-state index contributed by atoms with van der Waals surface area (Å²) in [5.41, 5.74) is 1.88. The zero-order valence-corrected chi connectivity index (χ0v) is 12.7. The van der Waals surface area contributed by atoms with Gasteiger partial charge >= 0.3 is 0 Å². The van der Waals surface area contributed by atoms with Crippen LogP contribution < -0.4 is 4.90 Å². The number of fused-ring (bicyclic) bond motifs is 1. The van der Waals surface area contributed by atoms with E-state index in [1.54, 1.807) is 18.2 Å². The van der Waals surface area contributed by atoms with Gasteiger partial charge in [0.25, 0.3) is 0 Å². The maximum Gasteiger partial charge on any atom is 0.227 e. The number of halogens is 3. The molecule has 1 aliphatic rings. The van der Waals surface area contributed by atoms with Crippen LogP contribution in [0.15, 0.2) is 40.9 Å². The van der Waals surface area contributed by atoms with Crippen molar-refractivity contribution in [2.45, 2.75) is 19.4 Å². The topological polar surface area (TPSA) is 20.3 Å². The maximum atomic E-state index is 13.9. The van der Waals surface area contributed by atoms with Gasteiger partial charge in [-0.3, -0.25) is 4.79 Å². The third kappa shape index (κ3) is 2.83. The maximum absolute atomic E-state index is 13.9. The van der Waals surface area contributed by atoms with Gasteiger partial charge in [0.1, 0.15) is 11.6 Å². The lowest BCUT2D eigenvalue weighted by Crippen LogP contribution is -2.34. The van der Waals surface area contributed by atoms with Crippen molar-refractivity contribution < 1.29 is 13.6 Å². The highest BCUT2D eigenvalue weighted by atomic mass is 79.9. The number of hydrogen-bond acceptors (Lipinski definition) is 1. The Bertz CT molecular complexity index is 717. The van der Waals surface area contributed by atoms with Gasteiger partial charge in [0.2, 0.25) is 5.91 Å². The lowest BCUT2D eigenvalue weighted by molar-refractivity contribution is -0.119. The Labute approximate surface area is 129 Å². The highest BCUT2D eigenvalue weighted by Crippen LogP contribution is 2.30. The van der Waals surface area contributed by atoms with E-state index < -0.39 is 0 Å². The van der Waals surface area contributed by atoms with Crippen LogP contribution in [-0.4, -0.2) is 5.91 Å². The number of benzene rings is 2. The van der Waals surface area contributed by atoms with Gasteiger partial charge < -0.3 is 4.90 Å². The molecule has 0 aliphatic carbocycles. The van der Waals surface area contributed by atoms with Crippen molar-refractivity contribution in [2.24, 2.45) is 0 Å². The van der Waals surface area contributed by atoms with E-state index in [0.29, 0.717) is 28.6 Å². The fourth-order valence-electron chi connectivity index (χ4n) is 2.52. The molecule has 0 fully saturated rings. The third-order valence-corrected chi connectivity index (χ3v) is 4.08. The molecule has 2 aromatic carbocycles.